The minimum atomic E-state index is -1.23. The van der Waals surface area contributed by atoms with Crippen LogP contribution in [-0.4, -0.2) is 53.2 Å². The van der Waals surface area contributed by atoms with E-state index in [0.29, 0.717) is 0 Å². The van der Waals surface area contributed by atoms with E-state index in [-0.39, 0.29) is 59.1 Å². The standard InChI is InChI=1S/6C3H4O2.Al.Ce/c6*1-2-3(4)5;;/h6*2H,1H2,(H,4,5);;/q;;;;;;2*+3/p-6. The number of carboxylic acids is 6. The van der Waals surface area contributed by atoms with Crippen molar-refractivity contribution in [3.8, 4) is 0 Å². The largest absolute Gasteiger partial charge is 3.00 e. The van der Waals surface area contributed by atoms with E-state index in [1.807, 2.05) is 0 Å². The second kappa shape index (κ2) is 46.4. The minimum Gasteiger partial charge on any atom is -0.545 e. The van der Waals surface area contributed by atoms with Crippen LogP contribution in [0.4, 0.5) is 0 Å². The maximum atomic E-state index is 9.14. The van der Waals surface area contributed by atoms with Crippen LogP contribution in [0.25, 0.3) is 0 Å². The molecule has 0 aromatic rings. The Hall–Kier alpha value is -2.83. The molecule has 0 spiro atoms. The van der Waals surface area contributed by atoms with Crippen LogP contribution >= 0.6 is 0 Å². The van der Waals surface area contributed by atoms with Crippen LogP contribution in [0.2, 0.25) is 0 Å². The molecule has 0 aromatic carbocycles. The van der Waals surface area contributed by atoms with Crippen LogP contribution in [0.3, 0.4) is 0 Å². The van der Waals surface area contributed by atoms with Crippen LogP contribution in [0.5, 0.6) is 0 Å². The Morgan fingerprint density at radius 3 is 0.406 bits per heavy atom. The van der Waals surface area contributed by atoms with Crippen molar-refractivity contribution in [3.63, 3.8) is 0 Å². The summed E-state index contributed by atoms with van der Waals surface area (Å²) in [6.45, 7) is 17.4. The first-order valence-electron chi connectivity index (χ1n) is 6.63. The van der Waals surface area contributed by atoms with Gasteiger partial charge in [-0.15, -0.1) is 0 Å². The SMILES string of the molecule is C=CC(=O)[O-].C=CC(=O)[O-].C=CC(=O)[O-].C=CC(=O)[O-].C=CC(=O)[O-].C=CC(=O)[O-].[Al+3].[Ce+3]. The zero-order chi connectivity index (χ0) is 25.7. The van der Waals surface area contributed by atoms with E-state index in [0.717, 1.165) is 36.5 Å². The number of carbonyl (C=O) groups excluding carboxylic acids is 6. The smallest absolute Gasteiger partial charge is 0.545 e. The van der Waals surface area contributed by atoms with Gasteiger partial charge in [-0.25, -0.2) is 0 Å². The third-order valence-corrected chi connectivity index (χ3v) is 1.00. The molecule has 0 amide bonds. The molecular weight excluding hydrogens is 575 g/mol. The molecule has 0 saturated heterocycles. The molecule has 0 bridgehead atoms. The van der Waals surface area contributed by atoms with Crippen molar-refractivity contribution in [1.82, 2.24) is 0 Å². The molecule has 0 aromatic heterocycles. The molecule has 0 heterocycles. The van der Waals surface area contributed by atoms with E-state index in [4.69, 9.17) is 59.4 Å². The Morgan fingerprint density at radius 2 is 0.406 bits per heavy atom. The molecule has 1 radical (unpaired) electrons. The third kappa shape index (κ3) is 221. The Labute approximate surface area is 228 Å². The van der Waals surface area contributed by atoms with Crippen LogP contribution in [0, 0.1) is 41.7 Å². The Kier molecular flexibility index (Phi) is 74.9. The normalized spacial score (nSPS) is 6.00. The van der Waals surface area contributed by atoms with E-state index < -0.39 is 35.8 Å². The Bertz CT molecular complexity index is 488. The zero-order valence-corrected chi connectivity index (χ0v) is 21.0. The second-order valence-corrected chi connectivity index (χ2v) is 3.14. The van der Waals surface area contributed by atoms with Gasteiger partial charge in [0.05, 0.1) is 35.8 Å². The molecule has 0 aliphatic rings. The van der Waals surface area contributed by atoms with Gasteiger partial charge in [-0.1, -0.05) is 39.5 Å². The fourth-order valence-electron chi connectivity index (χ4n) is 0. The number of hydrogen-bond acceptors (Lipinski definition) is 12. The molecule has 0 atom stereocenters. The van der Waals surface area contributed by atoms with E-state index in [1.165, 1.54) is 0 Å². The molecule has 32 heavy (non-hydrogen) atoms. The third-order valence-electron chi connectivity index (χ3n) is 1.00. The summed E-state index contributed by atoms with van der Waals surface area (Å²) in [5, 5.41) is 54.8. The summed E-state index contributed by atoms with van der Waals surface area (Å²) in [7, 11) is 0. The molecule has 0 fully saturated rings. The van der Waals surface area contributed by atoms with Crippen molar-refractivity contribution in [2.24, 2.45) is 0 Å². The molecule has 0 N–H and O–H groups in total. The van der Waals surface area contributed by atoms with Gasteiger partial charge in [0.1, 0.15) is 0 Å². The van der Waals surface area contributed by atoms with Crippen molar-refractivity contribution >= 4 is 53.2 Å². The molecule has 0 aliphatic carbocycles. The van der Waals surface area contributed by atoms with Crippen LogP contribution in [0.1, 0.15) is 0 Å². The van der Waals surface area contributed by atoms with Gasteiger partial charge < -0.3 is 59.4 Å². The topological polar surface area (TPSA) is 241 Å². The van der Waals surface area contributed by atoms with Gasteiger partial charge in [-0.3, -0.25) is 0 Å². The van der Waals surface area contributed by atoms with Crippen LogP contribution in [0.15, 0.2) is 75.9 Å². The first-order chi connectivity index (χ1) is 13.6. The maximum Gasteiger partial charge on any atom is 3.00 e. The first-order valence-corrected chi connectivity index (χ1v) is 6.63. The zero-order valence-electron chi connectivity index (χ0n) is 16.7. The van der Waals surface area contributed by atoms with Gasteiger partial charge in [0.15, 0.2) is 0 Å². The predicted molar refractivity (Wildman–Crippen MR) is 97.0 cm³/mol. The Morgan fingerprint density at radius 1 is 0.375 bits per heavy atom. The fourth-order valence-corrected chi connectivity index (χ4v) is 0. The summed E-state index contributed by atoms with van der Waals surface area (Å²) >= 11 is 0. The van der Waals surface area contributed by atoms with Gasteiger partial charge in [0, 0.05) is 0 Å². The summed E-state index contributed by atoms with van der Waals surface area (Å²) in [5.74, 6) is -7.39. The van der Waals surface area contributed by atoms with E-state index in [2.05, 4.69) is 39.5 Å². The number of rotatable bonds is 6. The number of carbonyl (C=O) groups is 6. The summed E-state index contributed by atoms with van der Waals surface area (Å²) in [6, 6.07) is 0. The number of hydrogen-bond donors (Lipinski definition) is 0. The van der Waals surface area contributed by atoms with Gasteiger partial charge in [-0.2, -0.15) is 0 Å². The average molecular weight is 593 g/mol. The summed E-state index contributed by atoms with van der Waals surface area (Å²) in [6.07, 6.45) is 4.33. The molecule has 169 valence electrons. The number of carboxylic acid groups (broad SMARTS) is 6. The van der Waals surface area contributed by atoms with Gasteiger partial charge in [0.25, 0.3) is 0 Å². The van der Waals surface area contributed by atoms with Crippen molar-refractivity contribution in [2.75, 3.05) is 0 Å². The molecular formula is C18H18AlCeO12. The van der Waals surface area contributed by atoms with Gasteiger partial charge in [0.2, 0.25) is 0 Å². The van der Waals surface area contributed by atoms with Gasteiger partial charge in [-0.05, 0) is 36.5 Å². The summed E-state index contributed by atoms with van der Waals surface area (Å²) in [5.41, 5.74) is 0. The molecule has 0 unspecified atom stereocenters. The van der Waals surface area contributed by atoms with Crippen molar-refractivity contribution in [3.05, 3.63) is 75.9 Å². The maximum absolute atomic E-state index is 9.14. The predicted octanol–water partition coefficient (Wildman–Crippen LogP) is -6.85. The molecule has 0 rings (SSSR count). The first kappa shape index (κ1) is 51.6. The monoisotopic (exact) mass is 593 g/mol. The molecule has 0 saturated carbocycles. The average Bonchev–Trinajstić information content (AvgIpc) is 2.69. The second-order valence-electron chi connectivity index (χ2n) is 3.14. The quantitative estimate of drug-likeness (QED) is 0.206. The van der Waals surface area contributed by atoms with Crippen LogP contribution < -0.4 is 30.6 Å². The van der Waals surface area contributed by atoms with Crippen molar-refractivity contribution < 1.29 is 101 Å². The van der Waals surface area contributed by atoms with E-state index >= 15 is 0 Å². The van der Waals surface area contributed by atoms with Crippen molar-refractivity contribution in [1.29, 1.82) is 0 Å². The van der Waals surface area contributed by atoms with Gasteiger partial charge >= 0.3 is 59.1 Å². The van der Waals surface area contributed by atoms with E-state index in [9.17, 15) is 0 Å². The molecule has 14 heteroatoms. The van der Waals surface area contributed by atoms with Crippen molar-refractivity contribution in [2.45, 2.75) is 0 Å². The minimum absolute atomic E-state index is 0. The summed E-state index contributed by atoms with van der Waals surface area (Å²) < 4.78 is 0. The number of aliphatic carboxylic acids is 6. The summed E-state index contributed by atoms with van der Waals surface area (Å²) in [4.78, 5) is 54.8. The fraction of sp³-hybridized carbons (Fsp3) is 0. The molecule has 0 aliphatic heterocycles. The van der Waals surface area contributed by atoms with Crippen LogP contribution in [-0.2, 0) is 28.8 Å². The van der Waals surface area contributed by atoms with E-state index in [1.54, 1.807) is 0 Å². The Balaban J connectivity index is -0.0000000356. The molecule has 12 nitrogen and oxygen atoms in total.